The number of hydrogen-bond acceptors (Lipinski definition) is 3. The second-order valence-electron chi connectivity index (χ2n) is 6.04. The first-order valence-corrected chi connectivity index (χ1v) is 8.27. The zero-order valence-corrected chi connectivity index (χ0v) is 14.7. The number of carboxylic acid groups (broad SMARTS) is 1. The lowest BCUT2D eigenvalue weighted by Gasteiger charge is -2.16. The third-order valence-corrected chi connectivity index (χ3v) is 4.10. The maximum absolute atomic E-state index is 12.2. The maximum atomic E-state index is 12.2. The predicted molar refractivity (Wildman–Crippen MR) is 97.4 cm³/mol. The number of aryl methyl sites for hydroxylation is 1. The summed E-state index contributed by atoms with van der Waals surface area (Å²) in [4.78, 5) is 23.5. The Balaban J connectivity index is 2.07. The van der Waals surface area contributed by atoms with Crippen LogP contribution in [0.3, 0.4) is 0 Å². The normalized spacial score (nSPS) is 11.6. The first-order valence-electron chi connectivity index (χ1n) is 8.27. The molecule has 0 aliphatic rings. The molecule has 2 rings (SSSR count). The van der Waals surface area contributed by atoms with Gasteiger partial charge in [-0.15, -0.1) is 0 Å². The van der Waals surface area contributed by atoms with Gasteiger partial charge in [0.05, 0.1) is 11.3 Å². The van der Waals surface area contributed by atoms with Crippen molar-refractivity contribution in [3.8, 4) is 5.75 Å². The zero-order valence-electron chi connectivity index (χ0n) is 14.7. The standard InChI is InChI=1S/C20H23NO4/c1-4-14(3)15-7-5-6-8-18(15)25-12-19(22)21-17-10-9-13(2)11-16(17)20(23)24/h5-11,14H,4,12H2,1-3H3,(H,21,22)(H,23,24)/t14-/m1/s1. The van der Waals surface area contributed by atoms with Crippen LogP contribution in [0, 0.1) is 6.92 Å². The van der Waals surface area contributed by atoms with Crippen LogP contribution in [0.4, 0.5) is 5.69 Å². The van der Waals surface area contributed by atoms with Crippen molar-refractivity contribution >= 4 is 17.6 Å². The second-order valence-corrected chi connectivity index (χ2v) is 6.04. The van der Waals surface area contributed by atoms with Crippen LogP contribution in [0.1, 0.15) is 47.7 Å². The fraction of sp³-hybridized carbons (Fsp3) is 0.300. The lowest BCUT2D eigenvalue weighted by molar-refractivity contribution is -0.118. The van der Waals surface area contributed by atoms with E-state index in [1.165, 1.54) is 6.07 Å². The topological polar surface area (TPSA) is 75.6 Å². The highest BCUT2D eigenvalue weighted by molar-refractivity contribution is 6.01. The van der Waals surface area contributed by atoms with E-state index < -0.39 is 11.9 Å². The van der Waals surface area contributed by atoms with E-state index in [1.54, 1.807) is 19.1 Å². The van der Waals surface area contributed by atoms with Gasteiger partial charge in [-0.2, -0.15) is 0 Å². The maximum Gasteiger partial charge on any atom is 0.337 e. The van der Waals surface area contributed by atoms with E-state index in [0.717, 1.165) is 17.5 Å². The average Bonchev–Trinajstić information content (AvgIpc) is 2.61. The smallest absolute Gasteiger partial charge is 0.337 e. The van der Waals surface area contributed by atoms with Crippen molar-refractivity contribution in [1.29, 1.82) is 0 Å². The number of benzene rings is 2. The van der Waals surface area contributed by atoms with E-state index in [2.05, 4.69) is 19.2 Å². The highest BCUT2D eigenvalue weighted by Gasteiger charge is 2.14. The van der Waals surface area contributed by atoms with Crippen LogP contribution in [0.25, 0.3) is 0 Å². The predicted octanol–water partition coefficient (Wildman–Crippen LogP) is 4.22. The zero-order chi connectivity index (χ0) is 18.4. The molecule has 5 nitrogen and oxygen atoms in total. The Morgan fingerprint density at radius 2 is 1.92 bits per heavy atom. The summed E-state index contributed by atoms with van der Waals surface area (Å²) in [6.07, 6.45) is 0.970. The van der Waals surface area contributed by atoms with Crippen molar-refractivity contribution < 1.29 is 19.4 Å². The molecule has 2 aromatic rings. The lowest BCUT2D eigenvalue weighted by Crippen LogP contribution is -2.22. The average molecular weight is 341 g/mol. The summed E-state index contributed by atoms with van der Waals surface area (Å²) < 4.78 is 5.66. The number of carboxylic acids is 1. The van der Waals surface area contributed by atoms with Crippen LogP contribution in [0.5, 0.6) is 5.75 Å². The van der Waals surface area contributed by atoms with Gasteiger partial charge in [0.1, 0.15) is 5.75 Å². The number of anilines is 1. The minimum Gasteiger partial charge on any atom is -0.483 e. The van der Waals surface area contributed by atoms with Gasteiger partial charge in [-0.05, 0) is 43.0 Å². The molecule has 0 aliphatic heterocycles. The molecule has 2 N–H and O–H groups in total. The summed E-state index contributed by atoms with van der Waals surface area (Å²) in [5.41, 5.74) is 2.20. The number of rotatable bonds is 7. The van der Waals surface area contributed by atoms with Crippen LogP contribution in [-0.2, 0) is 4.79 Å². The van der Waals surface area contributed by atoms with Crippen molar-refractivity contribution in [2.75, 3.05) is 11.9 Å². The number of para-hydroxylation sites is 1. The molecule has 0 spiro atoms. The molecule has 0 heterocycles. The van der Waals surface area contributed by atoms with Crippen LogP contribution in [-0.4, -0.2) is 23.6 Å². The van der Waals surface area contributed by atoms with Crippen LogP contribution in [0.15, 0.2) is 42.5 Å². The molecule has 0 saturated heterocycles. The molecule has 0 unspecified atom stereocenters. The number of carbonyl (C=O) groups is 2. The third kappa shape index (κ3) is 4.83. The number of aromatic carboxylic acids is 1. The molecule has 0 aromatic heterocycles. The Morgan fingerprint density at radius 3 is 2.60 bits per heavy atom. The van der Waals surface area contributed by atoms with Gasteiger partial charge < -0.3 is 15.2 Å². The molecule has 132 valence electrons. The third-order valence-electron chi connectivity index (χ3n) is 4.10. The molecular formula is C20H23NO4. The Labute approximate surface area is 147 Å². The monoisotopic (exact) mass is 341 g/mol. The summed E-state index contributed by atoms with van der Waals surface area (Å²) >= 11 is 0. The molecule has 0 bridgehead atoms. The number of ether oxygens (including phenoxy) is 1. The second kappa shape index (κ2) is 8.33. The Hall–Kier alpha value is -2.82. The Bertz CT molecular complexity index is 770. The minimum absolute atomic E-state index is 0.0633. The molecule has 0 fully saturated rings. The van der Waals surface area contributed by atoms with Crippen LogP contribution >= 0.6 is 0 Å². The lowest BCUT2D eigenvalue weighted by atomic mass is 9.98. The first-order chi connectivity index (χ1) is 11.9. The summed E-state index contributed by atoms with van der Waals surface area (Å²) in [7, 11) is 0. The van der Waals surface area contributed by atoms with E-state index in [1.807, 2.05) is 24.3 Å². The summed E-state index contributed by atoms with van der Waals surface area (Å²) in [6, 6.07) is 12.5. The van der Waals surface area contributed by atoms with Crippen molar-refractivity contribution in [3.05, 3.63) is 59.2 Å². The summed E-state index contributed by atoms with van der Waals surface area (Å²) in [5.74, 6) is -0.475. The highest BCUT2D eigenvalue weighted by Crippen LogP contribution is 2.28. The molecule has 0 saturated carbocycles. The Kier molecular flexibility index (Phi) is 6.17. The van der Waals surface area contributed by atoms with Crippen molar-refractivity contribution in [1.82, 2.24) is 0 Å². The van der Waals surface area contributed by atoms with Gasteiger partial charge in [-0.3, -0.25) is 4.79 Å². The molecule has 5 heteroatoms. The fourth-order valence-electron chi connectivity index (χ4n) is 2.51. The van der Waals surface area contributed by atoms with Crippen molar-refractivity contribution in [2.45, 2.75) is 33.1 Å². The minimum atomic E-state index is -1.08. The highest BCUT2D eigenvalue weighted by atomic mass is 16.5. The molecule has 25 heavy (non-hydrogen) atoms. The Morgan fingerprint density at radius 1 is 1.20 bits per heavy atom. The van der Waals surface area contributed by atoms with Gasteiger partial charge in [0, 0.05) is 0 Å². The molecular weight excluding hydrogens is 318 g/mol. The van der Waals surface area contributed by atoms with E-state index in [4.69, 9.17) is 4.74 Å². The SMILES string of the molecule is CC[C@@H](C)c1ccccc1OCC(=O)Nc1ccc(C)cc1C(=O)O. The van der Waals surface area contributed by atoms with E-state index in [0.29, 0.717) is 11.7 Å². The molecule has 0 radical (unpaired) electrons. The van der Waals surface area contributed by atoms with Crippen LogP contribution < -0.4 is 10.1 Å². The van der Waals surface area contributed by atoms with Crippen molar-refractivity contribution in [2.24, 2.45) is 0 Å². The van der Waals surface area contributed by atoms with Crippen molar-refractivity contribution in [3.63, 3.8) is 0 Å². The van der Waals surface area contributed by atoms with Gasteiger partial charge in [-0.25, -0.2) is 4.79 Å². The fourth-order valence-corrected chi connectivity index (χ4v) is 2.51. The van der Waals surface area contributed by atoms with Gasteiger partial charge >= 0.3 is 5.97 Å². The summed E-state index contributed by atoms with van der Waals surface area (Å²) in [5, 5.41) is 11.9. The van der Waals surface area contributed by atoms with Gasteiger partial charge in [0.2, 0.25) is 0 Å². The molecule has 1 atom stereocenters. The number of carbonyl (C=O) groups excluding carboxylic acids is 1. The van der Waals surface area contributed by atoms with Gasteiger partial charge in [0.25, 0.3) is 5.91 Å². The molecule has 0 aliphatic carbocycles. The molecule has 2 aromatic carbocycles. The number of hydrogen-bond donors (Lipinski definition) is 2. The van der Waals surface area contributed by atoms with E-state index in [9.17, 15) is 14.7 Å². The van der Waals surface area contributed by atoms with Gasteiger partial charge in [-0.1, -0.05) is 43.7 Å². The van der Waals surface area contributed by atoms with E-state index in [-0.39, 0.29) is 17.9 Å². The summed E-state index contributed by atoms with van der Waals surface area (Å²) in [6.45, 7) is 5.82. The molecule has 1 amide bonds. The number of amides is 1. The largest absolute Gasteiger partial charge is 0.483 e. The van der Waals surface area contributed by atoms with Gasteiger partial charge in [0.15, 0.2) is 6.61 Å². The first kappa shape index (κ1) is 18.5. The quantitative estimate of drug-likeness (QED) is 0.790. The van der Waals surface area contributed by atoms with E-state index >= 15 is 0 Å². The van der Waals surface area contributed by atoms with Crippen LogP contribution in [0.2, 0.25) is 0 Å². The number of nitrogens with one attached hydrogen (secondary N) is 1.